The van der Waals surface area contributed by atoms with E-state index in [1.54, 1.807) is 0 Å². The zero-order valence-corrected chi connectivity index (χ0v) is 23.2. The van der Waals surface area contributed by atoms with Gasteiger partial charge in [0.25, 0.3) is 11.3 Å². The molecule has 0 radical (unpaired) electrons. The van der Waals surface area contributed by atoms with E-state index >= 15 is 0 Å². The van der Waals surface area contributed by atoms with Crippen LogP contribution in [0.15, 0.2) is 122 Å². The van der Waals surface area contributed by atoms with E-state index in [0.29, 0.717) is 0 Å². The molecule has 200 valence electrons. The van der Waals surface area contributed by atoms with Crippen LogP contribution >= 0.6 is 0 Å². The van der Waals surface area contributed by atoms with Crippen LogP contribution in [0.5, 0.6) is 11.5 Å². The molecule has 9 heterocycles. The first kappa shape index (κ1) is 20.9. The molecule has 5 heteroatoms. The first-order valence-corrected chi connectivity index (χ1v) is 15.2. The monoisotopic (exact) mass is 560 g/mol. The molecule has 0 saturated carbocycles. The number of nitrogens with zero attached hydrogens (tertiary/aromatic N) is 4. The summed E-state index contributed by atoms with van der Waals surface area (Å²) >= 11 is 0. The Morgan fingerprint density at radius 2 is 0.955 bits per heavy atom. The van der Waals surface area contributed by atoms with E-state index in [4.69, 9.17) is 4.74 Å². The highest BCUT2D eigenvalue weighted by molar-refractivity contribution is 6.19. The SMILES string of the molecule is c1ccc2c(c1)c1ccc3c4c1n1c2cc2ccc[n+](c21)C41c2c(ccc4c5ccccc5c5cc6ccc[n+]1c6n5c24)O3. The van der Waals surface area contributed by atoms with E-state index < -0.39 is 5.66 Å². The van der Waals surface area contributed by atoms with Gasteiger partial charge in [-0.2, -0.15) is 17.9 Å². The van der Waals surface area contributed by atoms with Gasteiger partial charge in [0.05, 0.1) is 23.2 Å². The van der Waals surface area contributed by atoms with Gasteiger partial charge in [0.1, 0.15) is 33.7 Å². The second-order valence-electron chi connectivity index (χ2n) is 12.6. The van der Waals surface area contributed by atoms with Crippen LogP contribution in [0.4, 0.5) is 0 Å². The van der Waals surface area contributed by atoms with E-state index in [9.17, 15) is 0 Å². The summed E-state index contributed by atoms with van der Waals surface area (Å²) in [6.45, 7) is 0. The lowest BCUT2D eigenvalue weighted by molar-refractivity contribution is -0.953. The molecule has 4 aromatic carbocycles. The number of fused-ring (bicyclic) bond motifs is 6. The number of ether oxygens (including phenoxy) is 1. The predicted molar refractivity (Wildman–Crippen MR) is 172 cm³/mol. The molecule has 0 amide bonds. The molecule has 10 aromatic rings. The average Bonchev–Trinajstić information content (AvgIpc) is 3.67. The standard InChI is InChI=1S/C39H20N4O/c1-3-11-25-23(9-1)27-13-15-31-33-35(27)42-29(25)19-21-7-5-17-40(37(21)42)39(33)34-32(44-31)16-14-28-24-10-2-4-12-26(24)30-20-22-8-6-18-41(39)38(22)43(30)36(28)34/h1-20H/q+2. The second kappa shape index (κ2) is 6.36. The van der Waals surface area contributed by atoms with Crippen molar-refractivity contribution in [2.24, 2.45) is 0 Å². The maximum absolute atomic E-state index is 7.00. The topological polar surface area (TPSA) is 25.8 Å². The second-order valence-corrected chi connectivity index (χ2v) is 12.6. The van der Waals surface area contributed by atoms with E-state index in [-0.39, 0.29) is 0 Å². The van der Waals surface area contributed by atoms with Gasteiger partial charge in [-0.15, -0.1) is 0 Å². The van der Waals surface area contributed by atoms with Crippen molar-refractivity contribution in [1.82, 2.24) is 8.80 Å². The number of hydrogen-bond acceptors (Lipinski definition) is 1. The third kappa shape index (κ3) is 1.87. The molecule has 13 rings (SSSR count). The summed E-state index contributed by atoms with van der Waals surface area (Å²) in [7, 11) is 0. The van der Waals surface area contributed by atoms with Crippen molar-refractivity contribution in [3.05, 3.63) is 133 Å². The van der Waals surface area contributed by atoms with Crippen LogP contribution in [0.3, 0.4) is 0 Å². The summed E-state index contributed by atoms with van der Waals surface area (Å²) in [5.41, 5.74) is 8.99. The highest BCUT2D eigenvalue weighted by atomic mass is 16.5. The van der Waals surface area contributed by atoms with Gasteiger partial charge in [0.15, 0.2) is 11.0 Å². The molecule has 0 saturated heterocycles. The summed E-state index contributed by atoms with van der Waals surface area (Å²) in [5.74, 6) is 1.82. The van der Waals surface area contributed by atoms with Crippen LogP contribution in [0.2, 0.25) is 0 Å². The average molecular weight is 561 g/mol. The summed E-state index contributed by atoms with van der Waals surface area (Å²) in [4.78, 5) is 0. The fourth-order valence-electron chi connectivity index (χ4n) is 9.37. The molecular weight excluding hydrogens is 540 g/mol. The number of hydrogen-bond donors (Lipinski definition) is 0. The smallest absolute Gasteiger partial charge is 0.321 e. The first-order valence-electron chi connectivity index (χ1n) is 15.2. The van der Waals surface area contributed by atoms with Gasteiger partial charge in [-0.05, 0) is 59.3 Å². The largest absolute Gasteiger partial charge is 0.456 e. The van der Waals surface area contributed by atoms with Crippen molar-refractivity contribution in [2.45, 2.75) is 5.66 Å². The Kier molecular flexibility index (Phi) is 3.01. The van der Waals surface area contributed by atoms with Crippen molar-refractivity contribution in [1.29, 1.82) is 0 Å². The highest BCUT2D eigenvalue weighted by Gasteiger charge is 2.62. The minimum Gasteiger partial charge on any atom is -0.456 e. The molecule has 6 aromatic heterocycles. The van der Waals surface area contributed by atoms with Crippen molar-refractivity contribution < 1.29 is 13.9 Å². The molecule has 0 aliphatic carbocycles. The van der Waals surface area contributed by atoms with Gasteiger partial charge in [-0.3, -0.25) is 0 Å². The molecule has 0 N–H and O–H groups in total. The van der Waals surface area contributed by atoms with Crippen molar-refractivity contribution in [3.8, 4) is 11.5 Å². The lowest BCUT2D eigenvalue weighted by Gasteiger charge is -2.39. The molecule has 0 unspecified atom stereocenters. The minimum absolute atomic E-state index is 0.700. The molecule has 5 nitrogen and oxygen atoms in total. The zero-order chi connectivity index (χ0) is 28.1. The Balaban J connectivity index is 1.42. The van der Waals surface area contributed by atoms with Crippen molar-refractivity contribution in [3.63, 3.8) is 0 Å². The zero-order valence-electron chi connectivity index (χ0n) is 23.2. The molecule has 1 spiro atoms. The van der Waals surface area contributed by atoms with E-state index in [2.05, 4.69) is 140 Å². The van der Waals surface area contributed by atoms with Crippen LogP contribution in [0.1, 0.15) is 11.1 Å². The maximum Gasteiger partial charge on any atom is 0.321 e. The minimum atomic E-state index is -0.700. The van der Waals surface area contributed by atoms with Gasteiger partial charge in [-0.1, -0.05) is 48.5 Å². The van der Waals surface area contributed by atoms with Crippen LogP contribution in [0.25, 0.3) is 76.5 Å². The molecule has 44 heavy (non-hydrogen) atoms. The van der Waals surface area contributed by atoms with E-state index in [1.807, 2.05) is 0 Å². The van der Waals surface area contributed by atoms with E-state index in [1.165, 1.54) is 87.6 Å². The normalized spacial score (nSPS) is 15.2. The molecular formula is C39H20N4O+2. The number of aromatic nitrogens is 4. The molecule has 3 aliphatic rings. The number of pyridine rings is 4. The quantitative estimate of drug-likeness (QED) is 0.138. The number of benzene rings is 4. The predicted octanol–water partition coefficient (Wildman–Crippen LogP) is 7.72. The maximum atomic E-state index is 7.00. The van der Waals surface area contributed by atoms with Gasteiger partial charge in [-0.25, -0.2) is 0 Å². The van der Waals surface area contributed by atoms with Crippen LogP contribution in [-0.2, 0) is 5.66 Å². The van der Waals surface area contributed by atoms with Gasteiger partial charge < -0.3 is 4.74 Å². The fourth-order valence-corrected chi connectivity index (χ4v) is 9.37. The van der Waals surface area contributed by atoms with Gasteiger partial charge in [0, 0.05) is 33.7 Å². The third-order valence-corrected chi connectivity index (χ3v) is 10.8. The third-order valence-electron chi connectivity index (χ3n) is 10.8. The molecule has 0 atom stereocenters. The Labute approximate surface area is 248 Å². The summed E-state index contributed by atoms with van der Waals surface area (Å²) in [6, 6.07) is 40.3. The fraction of sp³-hybridized carbons (Fsp3) is 0.0256. The summed E-state index contributed by atoms with van der Waals surface area (Å²) < 4.78 is 17.1. The Morgan fingerprint density at radius 1 is 0.477 bits per heavy atom. The Hall–Kier alpha value is -5.94. The summed E-state index contributed by atoms with van der Waals surface area (Å²) in [5, 5.41) is 10.0. The lowest BCUT2D eigenvalue weighted by Crippen LogP contribution is -2.77. The molecule has 0 fully saturated rings. The Bertz CT molecular complexity index is 2880. The summed E-state index contributed by atoms with van der Waals surface area (Å²) in [6.07, 6.45) is 4.57. The highest BCUT2D eigenvalue weighted by Crippen LogP contribution is 2.55. The molecule has 0 bridgehead atoms. The first-order chi connectivity index (χ1) is 21.8. The van der Waals surface area contributed by atoms with Crippen LogP contribution in [-0.4, -0.2) is 8.80 Å². The molecule has 3 aliphatic heterocycles. The lowest BCUT2D eigenvalue weighted by atomic mass is 9.81. The van der Waals surface area contributed by atoms with Crippen molar-refractivity contribution in [2.75, 3.05) is 0 Å². The van der Waals surface area contributed by atoms with Gasteiger partial charge >= 0.3 is 5.66 Å². The van der Waals surface area contributed by atoms with Crippen LogP contribution in [0, 0.1) is 0 Å². The van der Waals surface area contributed by atoms with Crippen molar-refractivity contribution >= 4 is 76.5 Å². The van der Waals surface area contributed by atoms with Crippen LogP contribution < -0.4 is 13.9 Å². The Morgan fingerprint density at radius 3 is 1.45 bits per heavy atom. The van der Waals surface area contributed by atoms with Gasteiger partial charge in [0.2, 0.25) is 0 Å². The van der Waals surface area contributed by atoms with E-state index in [0.717, 1.165) is 11.5 Å². The number of rotatable bonds is 0.